The third kappa shape index (κ3) is 9.08. The van der Waals surface area contributed by atoms with Crippen LogP contribution in [0.3, 0.4) is 0 Å². The fourth-order valence-electron chi connectivity index (χ4n) is 6.52. The van der Waals surface area contributed by atoms with Crippen LogP contribution in [0.1, 0.15) is 41.6 Å². The van der Waals surface area contributed by atoms with Gasteiger partial charge in [0.05, 0.1) is 0 Å². The molecule has 1 aliphatic heterocycles. The predicted molar refractivity (Wildman–Crippen MR) is 191 cm³/mol. The molecule has 1 atom stereocenters. The lowest BCUT2D eigenvalue weighted by molar-refractivity contribution is -0.130. The van der Waals surface area contributed by atoms with Gasteiger partial charge in [-0.15, -0.1) is 17.5 Å². The van der Waals surface area contributed by atoms with Crippen LogP contribution in [0.25, 0.3) is 22.5 Å². The number of carbonyl (C=O) groups excluding carboxylic acids is 3. The van der Waals surface area contributed by atoms with Crippen LogP contribution in [0.2, 0.25) is 0 Å². The Labute approximate surface area is 292 Å². The van der Waals surface area contributed by atoms with E-state index in [1.807, 2.05) is 65.6 Å². The normalized spacial score (nSPS) is 18.6. The number of amides is 3. The van der Waals surface area contributed by atoms with Gasteiger partial charge in [0.1, 0.15) is 6.04 Å². The van der Waals surface area contributed by atoms with Gasteiger partial charge in [0.25, 0.3) is 5.91 Å². The number of rotatable bonds is 10. The standard InChI is InChI=1S/C36H43N9O3.ClH/c1-44-16-18-45(19-17-44)36(48)30-7-3-6-29(22-30)28-5-2-4-25(20-28)21-32(39-34(46)27-10-8-24(23-37)9-11-27)35(47)38-31-14-12-26(13-15-31)33-40-42-43-41-33;/h2-7,12-15,20,22,24,27,32H,8-11,16-19,21,23,37H2,1H3,(H,38,47)(H,39,46)(H,40,41,42,43);1H/t24?,27?,32-;/m0./s1. The Kier molecular flexibility index (Phi) is 12.1. The summed E-state index contributed by atoms with van der Waals surface area (Å²) >= 11 is 0. The molecule has 12 nitrogen and oxygen atoms in total. The van der Waals surface area contributed by atoms with Gasteiger partial charge in [0.2, 0.25) is 11.8 Å². The zero-order chi connectivity index (χ0) is 33.5. The number of nitrogens with two attached hydrogens (primary N) is 1. The summed E-state index contributed by atoms with van der Waals surface area (Å²) in [6, 6.07) is 22.0. The number of hydrogen-bond donors (Lipinski definition) is 4. The number of H-pyrrole nitrogens is 1. The van der Waals surface area contributed by atoms with Gasteiger partial charge in [0, 0.05) is 55.3 Å². The van der Waals surface area contributed by atoms with E-state index in [2.05, 4.69) is 43.2 Å². The molecule has 3 aromatic carbocycles. The molecule has 258 valence electrons. The molecule has 49 heavy (non-hydrogen) atoms. The number of nitrogens with zero attached hydrogens (tertiary/aromatic N) is 5. The number of anilines is 1. The van der Waals surface area contributed by atoms with Crippen LogP contribution in [0.4, 0.5) is 5.69 Å². The molecule has 2 heterocycles. The van der Waals surface area contributed by atoms with E-state index in [1.54, 1.807) is 12.1 Å². The summed E-state index contributed by atoms with van der Waals surface area (Å²) in [5, 5.41) is 19.9. The van der Waals surface area contributed by atoms with E-state index in [1.165, 1.54) is 0 Å². The Morgan fingerprint density at radius 1 is 0.898 bits per heavy atom. The molecular weight excluding hydrogens is 642 g/mol. The second-order valence-electron chi connectivity index (χ2n) is 12.9. The zero-order valence-electron chi connectivity index (χ0n) is 27.7. The quantitative estimate of drug-likeness (QED) is 0.196. The first-order chi connectivity index (χ1) is 23.4. The lowest BCUT2D eigenvalue weighted by Crippen LogP contribution is -2.48. The largest absolute Gasteiger partial charge is 0.344 e. The minimum atomic E-state index is -0.803. The number of nitrogens with one attached hydrogen (secondary N) is 3. The Morgan fingerprint density at radius 3 is 2.27 bits per heavy atom. The van der Waals surface area contributed by atoms with Crippen molar-refractivity contribution >= 4 is 35.8 Å². The molecule has 13 heteroatoms. The first kappa shape index (κ1) is 35.7. The second-order valence-corrected chi connectivity index (χ2v) is 12.9. The van der Waals surface area contributed by atoms with Crippen molar-refractivity contribution in [1.82, 2.24) is 35.7 Å². The maximum Gasteiger partial charge on any atom is 0.253 e. The van der Waals surface area contributed by atoms with Crippen LogP contribution in [-0.4, -0.2) is 94.0 Å². The summed E-state index contributed by atoms with van der Waals surface area (Å²) in [6.45, 7) is 3.77. The van der Waals surface area contributed by atoms with Gasteiger partial charge in [-0.1, -0.05) is 36.4 Å². The first-order valence-electron chi connectivity index (χ1n) is 16.7. The fraction of sp³-hybridized carbons (Fsp3) is 0.389. The second kappa shape index (κ2) is 16.6. The number of hydrogen-bond acceptors (Lipinski definition) is 8. The Bertz CT molecular complexity index is 1700. The van der Waals surface area contributed by atoms with E-state index >= 15 is 0 Å². The molecular formula is C36H44ClN9O3. The number of aromatic amines is 1. The number of likely N-dealkylation sites (N-methyl/N-ethyl adjacent to an activating group) is 1. The highest BCUT2D eigenvalue weighted by molar-refractivity contribution is 5.98. The van der Waals surface area contributed by atoms with Crippen LogP contribution < -0.4 is 16.4 Å². The smallest absolute Gasteiger partial charge is 0.253 e. The van der Waals surface area contributed by atoms with Crippen molar-refractivity contribution in [3.63, 3.8) is 0 Å². The van der Waals surface area contributed by atoms with Crippen molar-refractivity contribution < 1.29 is 14.4 Å². The van der Waals surface area contributed by atoms with Crippen LogP contribution in [0.15, 0.2) is 72.8 Å². The predicted octanol–water partition coefficient (Wildman–Crippen LogP) is 3.77. The molecule has 1 aliphatic carbocycles. The monoisotopic (exact) mass is 685 g/mol. The lowest BCUT2D eigenvalue weighted by Gasteiger charge is -2.32. The number of tetrazole rings is 1. The highest BCUT2D eigenvalue weighted by Gasteiger charge is 2.29. The highest BCUT2D eigenvalue weighted by atomic mass is 35.5. The average molecular weight is 686 g/mol. The summed E-state index contributed by atoms with van der Waals surface area (Å²) in [6.07, 6.45) is 3.65. The summed E-state index contributed by atoms with van der Waals surface area (Å²) in [5.74, 6) is 0.443. The van der Waals surface area contributed by atoms with Crippen LogP contribution in [0, 0.1) is 11.8 Å². The van der Waals surface area contributed by atoms with Crippen molar-refractivity contribution in [3.05, 3.63) is 83.9 Å². The molecule has 0 unspecified atom stereocenters. The van der Waals surface area contributed by atoms with Crippen molar-refractivity contribution in [2.75, 3.05) is 45.1 Å². The number of benzene rings is 3. The molecule has 0 radical (unpaired) electrons. The minimum absolute atomic E-state index is 0. The number of aromatic nitrogens is 4. The van der Waals surface area contributed by atoms with E-state index in [0.717, 1.165) is 61.0 Å². The van der Waals surface area contributed by atoms with Gasteiger partial charge >= 0.3 is 0 Å². The van der Waals surface area contributed by atoms with E-state index < -0.39 is 6.04 Å². The van der Waals surface area contributed by atoms with Crippen LogP contribution in [-0.2, 0) is 16.0 Å². The molecule has 0 bridgehead atoms. The van der Waals surface area contributed by atoms with E-state index in [-0.39, 0.29) is 36.0 Å². The molecule has 5 N–H and O–H groups in total. The van der Waals surface area contributed by atoms with Gasteiger partial charge in [-0.05, 0) is 109 Å². The maximum atomic E-state index is 13.8. The molecule has 0 spiro atoms. The fourth-order valence-corrected chi connectivity index (χ4v) is 6.52. The summed E-state index contributed by atoms with van der Waals surface area (Å²) in [4.78, 5) is 44.7. The van der Waals surface area contributed by atoms with Crippen molar-refractivity contribution in [3.8, 4) is 22.5 Å². The minimum Gasteiger partial charge on any atom is -0.344 e. The Hall–Kier alpha value is -4.65. The SMILES string of the molecule is CN1CCN(C(=O)c2cccc(-c3cccc(C[C@H](NC(=O)C4CCC(CN)CC4)C(=O)Nc4ccc(-c5nnn[nH]5)cc4)c3)c2)CC1.Cl. The number of halogens is 1. The average Bonchev–Trinajstić information content (AvgIpc) is 3.67. The summed E-state index contributed by atoms with van der Waals surface area (Å²) < 4.78 is 0. The first-order valence-corrected chi connectivity index (χ1v) is 16.7. The van der Waals surface area contributed by atoms with Crippen molar-refractivity contribution in [1.29, 1.82) is 0 Å². The van der Waals surface area contributed by atoms with Crippen LogP contribution in [0.5, 0.6) is 0 Å². The lowest BCUT2D eigenvalue weighted by atomic mass is 9.81. The van der Waals surface area contributed by atoms with Crippen molar-refractivity contribution in [2.24, 2.45) is 17.6 Å². The van der Waals surface area contributed by atoms with Gasteiger partial charge in [-0.25, -0.2) is 5.10 Å². The van der Waals surface area contributed by atoms with Gasteiger partial charge < -0.3 is 26.2 Å². The van der Waals surface area contributed by atoms with Crippen molar-refractivity contribution in [2.45, 2.75) is 38.1 Å². The molecule has 3 amide bonds. The molecule has 2 fully saturated rings. The zero-order valence-corrected chi connectivity index (χ0v) is 28.5. The van der Waals surface area contributed by atoms with Crippen LogP contribution >= 0.6 is 12.4 Å². The van der Waals surface area contributed by atoms with E-state index in [9.17, 15) is 14.4 Å². The van der Waals surface area contributed by atoms with Gasteiger partial charge in [-0.2, -0.15) is 0 Å². The summed E-state index contributed by atoms with van der Waals surface area (Å²) in [5.41, 5.74) is 10.6. The molecule has 1 saturated heterocycles. The number of piperazine rings is 1. The Morgan fingerprint density at radius 2 is 1.59 bits per heavy atom. The van der Waals surface area contributed by atoms with E-state index in [4.69, 9.17) is 5.73 Å². The third-order valence-corrected chi connectivity index (χ3v) is 9.56. The van der Waals surface area contributed by atoms with Gasteiger partial charge in [0.15, 0.2) is 5.82 Å². The molecule has 4 aromatic rings. The van der Waals surface area contributed by atoms with E-state index in [0.29, 0.717) is 49.0 Å². The number of carbonyl (C=O) groups is 3. The molecule has 6 rings (SSSR count). The van der Waals surface area contributed by atoms with Gasteiger partial charge in [-0.3, -0.25) is 14.4 Å². The molecule has 1 aromatic heterocycles. The summed E-state index contributed by atoms with van der Waals surface area (Å²) in [7, 11) is 2.07. The third-order valence-electron chi connectivity index (χ3n) is 9.56. The topological polar surface area (TPSA) is 162 Å². The molecule has 1 saturated carbocycles. The molecule has 2 aliphatic rings. The maximum absolute atomic E-state index is 13.8. The Balaban J connectivity index is 0.00000468. The highest BCUT2D eigenvalue weighted by Crippen LogP contribution is 2.29.